The fraction of sp³-hybridized carbons (Fsp3) is 0.632. The van der Waals surface area contributed by atoms with E-state index >= 15 is 0 Å². The number of hydrogen-bond acceptors (Lipinski definition) is 4. The van der Waals surface area contributed by atoms with Gasteiger partial charge in [0.15, 0.2) is 5.96 Å². The summed E-state index contributed by atoms with van der Waals surface area (Å²) in [6.07, 6.45) is 4.01. The van der Waals surface area contributed by atoms with E-state index in [4.69, 9.17) is 24.9 Å². The van der Waals surface area contributed by atoms with E-state index in [9.17, 15) is 0 Å². The second-order valence-corrected chi connectivity index (χ2v) is 6.99. The third-order valence-electron chi connectivity index (χ3n) is 5.58. The summed E-state index contributed by atoms with van der Waals surface area (Å²) in [5.41, 5.74) is 7.11. The Morgan fingerprint density at radius 1 is 1.38 bits per heavy atom. The Morgan fingerprint density at radius 2 is 2.23 bits per heavy atom. The van der Waals surface area contributed by atoms with Crippen molar-refractivity contribution in [2.24, 2.45) is 10.7 Å². The fourth-order valence-electron chi connectivity index (χ4n) is 4.32. The molecule has 0 aromatic heterocycles. The maximum atomic E-state index is 6.24. The van der Waals surface area contributed by atoms with Crippen LogP contribution in [0.2, 0.25) is 0 Å². The van der Waals surface area contributed by atoms with Crippen LogP contribution in [0.3, 0.4) is 0 Å². The first-order valence-electron chi connectivity index (χ1n) is 9.30. The average molecular weight is 473 g/mol. The fourth-order valence-corrected chi connectivity index (χ4v) is 4.32. The molecule has 0 amide bonds. The zero-order valence-corrected chi connectivity index (χ0v) is 17.5. The van der Waals surface area contributed by atoms with Gasteiger partial charge in [0.05, 0.1) is 24.8 Å². The molecule has 4 unspecified atom stereocenters. The molecule has 1 aliphatic carbocycles. The second-order valence-electron chi connectivity index (χ2n) is 6.99. The summed E-state index contributed by atoms with van der Waals surface area (Å²) in [5, 5.41) is 3.40. The van der Waals surface area contributed by atoms with Gasteiger partial charge in [-0.05, 0) is 32.3 Å². The van der Waals surface area contributed by atoms with Crippen LogP contribution in [0.15, 0.2) is 29.3 Å². The number of guanidine groups is 1. The Labute approximate surface area is 171 Å². The Hall–Kier alpha value is -1.06. The van der Waals surface area contributed by atoms with Gasteiger partial charge >= 0.3 is 0 Å². The summed E-state index contributed by atoms with van der Waals surface area (Å²) >= 11 is 0. The van der Waals surface area contributed by atoms with Crippen molar-refractivity contribution in [1.82, 2.24) is 5.32 Å². The number of rotatable bonds is 4. The number of para-hydroxylation sites is 1. The Morgan fingerprint density at radius 3 is 3.00 bits per heavy atom. The number of benzene rings is 1. The smallest absolute Gasteiger partial charge is 0.189 e. The Kier molecular flexibility index (Phi) is 6.29. The zero-order valence-electron chi connectivity index (χ0n) is 15.1. The molecule has 3 aliphatic rings. The molecule has 2 aliphatic heterocycles. The molecule has 7 heteroatoms. The van der Waals surface area contributed by atoms with Crippen molar-refractivity contribution in [3.8, 4) is 5.75 Å². The van der Waals surface area contributed by atoms with E-state index in [2.05, 4.69) is 11.4 Å². The lowest BCUT2D eigenvalue weighted by Crippen LogP contribution is -2.70. The summed E-state index contributed by atoms with van der Waals surface area (Å²) in [7, 11) is 0. The van der Waals surface area contributed by atoms with Crippen molar-refractivity contribution < 1.29 is 14.2 Å². The van der Waals surface area contributed by atoms with Crippen LogP contribution in [0.25, 0.3) is 0 Å². The summed E-state index contributed by atoms with van der Waals surface area (Å²) in [5.74, 6) is 1.39. The number of nitrogens with two attached hydrogens (primary N) is 1. The lowest BCUT2D eigenvalue weighted by Gasteiger charge is -2.52. The maximum absolute atomic E-state index is 6.24. The molecule has 4 rings (SSSR count). The first-order valence-corrected chi connectivity index (χ1v) is 9.30. The van der Waals surface area contributed by atoms with Gasteiger partial charge in [0.2, 0.25) is 0 Å². The van der Waals surface area contributed by atoms with Crippen molar-refractivity contribution in [1.29, 1.82) is 0 Å². The molecular weight excluding hydrogens is 445 g/mol. The lowest BCUT2D eigenvalue weighted by atomic mass is 9.70. The molecule has 1 aromatic carbocycles. The molecule has 144 valence electrons. The van der Waals surface area contributed by atoms with Crippen LogP contribution in [0, 0.1) is 0 Å². The maximum Gasteiger partial charge on any atom is 0.189 e. The minimum atomic E-state index is -0.232. The highest BCUT2D eigenvalue weighted by Gasteiger charge is 2.59. The van der Waals surface area contributed by atoms with Crippen LogP contribution in [-0.4, -0.2) is 43.5 Å². The zero-order chi connectivity index (χ0) is 17.3. The average Bonchev–Trinajstić information content (AvgIpc) is 3.14. The standard InChI is InChI=1S/C19H27N3O3.HI/c1-2-23-17-12-16(19(17)9-5-10-25-19)22-18(20)21-14-8-11-24-15-7-4-3-6-13(14)15;/h3-4,6-7,14,16-17H,2,5,8-12H2,1H3,(H3,20,21,22);1H. The molecule has 6 nitrogen and oxygen atoms in total. The van der Waals surface area contributed by atoms with Crippen molar-refractivity contribution in [3.63, 3.8) is 0 Å². The lowest BCUT2D eigenvalue weighted by molar-refractivity contribution is -0.194. The first-order chi connectivity index (χ1) is 12.2. The molecule has 2 fully saturated rings. The van der Waals surface area contributed by atoms with Crippen LogP contribution in [0.5, 0.6) is 5.75 Å². The van der Waals surface area contributed by atoms with Crippen LogP contribution in [0.4, 0.5) is 0 Å². The minimum Gasteiger partial charge on any atom is -0.493 e. The first kappa shape index (κ1) is 19.7. The monoisotopic (exact) mass is 473 g/mol. The number of nitrogens with one attached hydrogen (secondary N) is 1. The molecule has 1 spiro atoms. The van der Waals surface area contributed by atoms with Crippen molar-refractivity contribution in [3.05, 3.63) is 29.8 Å². The van der Waals surface area contributed by atoms with Crippen LogP contribution in [-0.2, 0) is 9.47 Å². The predicted octanol–water partition coefficient (Wildman–Crippen LogP) is 2.76. The highest BCUT2D eigenvalue weighted by Crippen LogP contribution is 2.45. The summed E-state index contributed by atoms with van der Waals surface area (Å²) in [4.78, 5) is 4.73. The van der Waals surface area contributed by atoms with Crippen molar-refractivity contribution >= 4 is 29.9 Å². The van der Waals surface area contributed by atoms with Gasteiger partial charge in [-0.15, -0.1) is 24.0 Å². The number of hydrogen-bond donors (Lipinski definition) is 2. The molecule has 2 heterocycles. The molecule has 0 bridgehead atoms. The molecule has 1 aromatic rings. The molecule has 1 saturated heterocycles. The van der Waals surface area contributed by atoms with Crippen LogP contribution < -0.4 is 15.8 Å². The van der Waals surface area contributed by atoms with E-state index in [1.165, 1.54) is 0 Å². The minimum absolute atomic E-state index is 0. The Balaban J connectivity index is 0.00000196. The molecule has 4 atom stereocenters. The van der Waals surface area contributed by atoms with Crippen LogP contribution >= 0.6 is 24.0 Å². The molecule has 0 radical (unpaired) electrons. The molecule has 1 saturated carbocycles. The van der Waals surface area contributed by atoms with Gasteiger partial charge in [-0.25, -0.2) is 4.99 Å². The van der Waals surface area contributed by atoms with Crippen molar-refractivity contribution in [2.45, 2.75) is 56.4 Å². The van der Waals surface area contributed by atoms with E-state index in [1.54, 1.807) is 0 Å². The number of aliphatic imine (C=N–C) groups is 1. The topological polar surface area (TPSA) is 78.1 Å². The van der Waals surface area contributed by atoms with Crippen LogP contribution in [0.1, 0.15) is 44.2 Å². The summed E-state index contributed by atoms with van der Waals surface area (Å²) in [6, 6.07) is 8.26. The number of ether oxygens (including phenoxy) is 3. The van der Waals surface area contributed by atoms with Gasteiger partial charge < -0.3 is 25.3 Å². The van der Waals surface area contributed by atoms with E-state index in [0.29, 0.717) is 19.2 Å². The normalized spacial score (nSPS) is 33.0. The highest BCUT2D eigenvalue weighted by molar-refractivity contribution is 14.0. The quantitative estimate of drug-likeness (QED) is 0.400. The number of fused-ring (bicyclic) bond motifs is 1. The van der Waals surface area contributed by atoms with E-state index in [0.717, 1.165) is 43.6 Å². The number of halogens is 1. The SMILES string of the molecule is CCOC1CC(NC(N)=NC2CCOc3ccccc32)C12CCCO2.I. The van der Waals surface area contributed by atoms with Gasteiger partial charge in [-0.1, -0.05) is 18.2 Å². The third-order valence-corrected chi connectivity index (χ3v) is 5.58. The van der Waals surface area contributed by atoms with E-state index in [-0.39, 0.29) is 47.8 Å². The third kappa shape index (κ3) is 3.53. The van der Waals surface area contributed by atoms with Crippen molar-refractivity contribution in [2.75, 3.05) is 19.8 Å². The summed E-state index contributed by atoms with van der Waals surface area (Å²) in [6.45, 7) is 4.21. The summed E-state index contributed by atoms with van der Waals surface area (Å²) < 4.78 is 17.6. The van der Waals surface area contributed by atoms with E-state index in [1.807, 2.05) is 25.1 Å². The van der Waals surface area contributed by atoms with Gasteiger partial charge in [-0.2, -0.15) is 0 Å². The van der Waals surface area contributed by atoms with Gasteiger partial charge in [0, 0.05) is 25.2 Å². The van der Waals surface area contributed by atoms with Gasteiger partial charge in [0.25, 0.3) is 0 Å². The molecule has 3 N–H and O–H groups in total. The van der Waals surface area contributed by atoms with Gasteiger partial charge in [0.1, 0.15) is 11.4 Å². The predicted molar refractivity (Wildman–Crippen MR) is 111 cm³/mol. The Bertz CT molecular complexity index is 649. The largest absolute Gasteiger partial charge is 0.493 e. The second kappa shape index (κ2) is 8.31. The van der Waals surface area contributed by atoms with E-state index < -0.39 is 0 Å². The highest BCUT2D eigenvalue weighted by atomic mass is 127. The number of nitrogens with zero attached hydrogens (tertiary/aromatic N) is 1. The molecule has 26 heavy (non-hydrogen) atoms. The molecular formula is C19H28IN3O3. The van der Waals surface area contributed by atoms with Gasteiger partial charge in [-0.3, -0.25) is 0 Å².